The molecule has 0 fully saturated rings. The molecule has 0 atom stereocenters. The van der Waals surface area contributed by atoms with Gasteiger partial charge < -0.3 is 9.88 Å². The van der Waals surface area contributed by atoms with E-state index in [4.69, 9.17) is 0 Å². The van der Waals surface area contributed by atoms with Crippen LogP contribution in [0.5, 0.6) is 0 Å². The van der Waals surface area contributed by atoms with Gasteiger partial charge in [0.15, 0.2) is 5.78 Å². The van der Waals surface area contributed by atoms with E-state index >= 15 is 0 Å². The van der Waals surface area contributed by atoms with Gasteiger partial charge in [0.05, 0.1) is 13.0 Å². The fourth-order valence-electron chi connectivity index (χ4n) is 1.30. The van der Waals surface area contributed by atoms with Crippen LogP contribution in [0.2, 0.25) is 0 Å². The second-order valence-electron chi connectivity index (χ2n) is 3.13. The highest BCUT2D eigenvalue weighted by Gasteiger charge is 2.07. The summed E-state index contributed by atoms with van der Waals surface area (Å²) in [5.41, 5.74) is 0. The molecule has 14 heavy (non-hydrogen) atoms. The molecule has 1 heterocycles. The Morgan fingerprint density at radius 1 is 1.57 bits per heavy atom. The maximum absolute atomic E-state index is 11.4. The van der Waals surface area contributed by atoms with Crippen LogP contribution in [0.15, 0.2) is 12.4 Å². The lowest BCUT2D eigenvalue weighted by Crippen LogP contribution is -2.24. The number of likely N-dealkylation sites (N-methyl/N-ethyl adjacent to an activating group) is 1. The second kappa shape index (κ2) is 5.54. The van der Waals surface area contributed by atoms with Crippen LogP contribution < -0.4 is 5.32 Å². The first kappa shape index (κ1) is 10.9. The number of carbonyl (C=O) groups excluding carboxylic acids is 1. The van der Waals surface area contributed by atoms with E-state index in [-0.39, 0.29) is 5.78 Å². The van der Waals surface area contributed by atoms with Gasteiger partial charge in [-0.1, -0.05) is 6.92 Å². The lowest BCUT2D eigenvalue weighted by Gasteiger charge is -2.04. The fourth-order valence-corrected chi connectivity index (χ4v) is 1.30. The van der Waals surface area contributed by atoms with Crippen LogP contribution in [-0.4, -0.2) is 28.4 Å². The summed E-state index contributed by atoms with van der Waals surface area (Å²) in [7, 11) is 0. The van der Waals surface area contributed by atoms with Gasteiger partial charge in [0.2, 0.25) is 0 Å². The molecular weight excluding hydrogens is 178 g/mol. The van der Waals surface area contributed by atoms with Gasteiger partial charge in [-0.05, 0) is 13.5 Å². The Balaban J connectivity index is 2.47. The number of hydrogen-bond donors (Lipinski definition) is 1. The number of carbonyl (C=O) groups is 1. The standard InChI is InChI=1S/C10H17N3O/c1-3-11-8-9(14)7-10-12-5-6-13(10)4-2/h5-6,11H,3-4,7-8H2,1-2H3. The van der Waals surface area contributed by atoms with E-state index in [1.54, 1.807) is 6.20 Å². The van der Waals surface area contributed by atoms with E-state index in [0.717, 1.165) is 18.9 Å². The SMILES string of the molecule is CCNCC(=O)Cc1nccn1CC. The van der Waals surface area contributed by atoms with E-state index < -0.39 is 0 Å². The molecule has 1 N–H and O–H groups in total. The van der Waals surface area contributed by atoms with Crippen molar-refractivity contribution in [2.45, 2.75) is 26.8 Å². The number of hydrogen-bond acceptors (Lipinski definition) is 3. The smallest absolute Gasteiger partial charge is 0.154 e. The number of imidazole rings is 1. The van der Waals surface area contributed by atoms with Crippen molar-refractivity contribution in [2.75, 3.05) is 13.1 Å². The molecule has 0 aromatic carbocycles. The fraction of sp³-hybridized carbons (Fsp3) is 0.600. The zero-order chi connectivity index (χ0) is 10.4. The Labute approximate surface area is 84.3 Å². The molecule has 1 aromatic rings. The summed E-state index contributed by atoms with van der Waals surface area (Å²) >= 11 is 0. The van der Waals surface area contributed by atoms with Gasteiger partial charge in [0, 0.05) is 18.9 Å². The third kappa shape index (κ3) is 2.96. The van der Waals surface area contributed by atoms with Crippen molar-refractivity contribution in [3.8, 4) is 0 Å². The van der Waals surface area contributed by atoms with Crippen molar-refractivity contribution in [1.29, 1.82) is 0 Å². The Hall–Kier alpha value is -1.16. The number of Topliss-reactive ketones (excluding diaryl/α,β-unsaturated/α-hetero) is 1. The average Bonchev–Trinajstić information content (AvgIpc) is 2.62. The molecule has 0 saturated carbocycles. The Bertz CT molecular complexity index is 293. The minimum absolute atomic E-state index is 0.188. The van der Waals surface area contributed by atoms with E-state index in [9.17, 15) is 4.79 Å². The van der Waals surface area contributed by atoms with E-state index in [1.807, 2.05) is 24.6 Å². The molecule has 0 radical (unpaired) electrons. The summed E-state index contributed by atoms with van der Waals surface area (Å²) < 4.78 is 1.99. The highest BCUT2D eigenvalue weighted by atomic mass is 16.1. The van der Waals surface area contributed by atoms with Gasteiger partial charge in [-0.2, -0.15) is 0 Å². The summed E-state index contributed by atoms with van der Waals surface area (Å²) in [6.45, 7) is 6.16. The summed E-state index contributed by atoms with van der Waals surface area (Å²) in [5.74, 6) is 1.04. The van der Waals surface area contributed by atoms with Crippen molar-refractivity contribution in [3.63, 3.8) is 0 Å². The molecule has 78 valence electrons. The van der Waals surface area contributed by atoms with E-state index in [1.165, 1.54) is 0 Å². The average molecular weight is 195 g/mol. The topological polar surface area (TPSA) is 46.9 Å². The first-order chi connectivity index (χ1) is 6.77. The van der Waals surface area contributed by atoms with Gasteiger partial charge >= 0.3 is 0 Å². The van der Waals surface area contributed by atoms with Crippen LogP contribution in [-0.2, 0) is 17.8 Å². The monoisotopic (exact) mass is 195 g/mol. The lowest BCUT2D eigenvalue weighted by atomic mass is 10.2. The molecule has 0 saturated heterocycles. The number of aryl methyl sites for hydroxylation is 1. The zero-order valence-corrected chi connectivity index (χ0v) is 8.79. The normalized spacial score (nSPS) is 10.4. The molecule has 0 aliphatic rings. The van der Waals surface area contributed by atoms with Crippen LogP contribution in [0.4, 0.5) is 0 Å². The number of nitrogens with zero attached hydrogens (tertiary/aromatic N) is 2. The van der Waals surface area contributed by atoms with Crippen LogP contribution in [0.25, 0.3) is 0 Å². The van der Waals surface area contributed by atoms with Crippen LogP contribution in [0.3, 0.4) is 0 Å². The summed E-state index contributed by atoms with van der Waals surface area (Å²) in [4.78, 5) is 15.6. The number of aromatic nitrogens is 2. The molecule has 0 aliphatic heterocycles. The van der Waals surface area contributed by atoms with E-state index in [0.29, 0.717) is 13.0 Å². The Morgan fingerprint density at radius 3 is 3.00 bits per heavy atom. The van der Waals surface area contributed by atoms with Crippen molar-refractivity contribution < 1.29 is 4.79 Å². The van der Waals surface area contributed by atoms with Gasteiger partial charge in [-0.3, -0.25) is 4.79 Å². The predicted octanol–water partition coefficient (Wildman–Crippen LogP) is 0.624. The van der Waals surface area contributed by atoms with Crippen molar-refractivity contribution in [3.05, 3.63) is 18.2 Å². The molecule has 4 heteroatoms. The van der Waals surface area contributed by atoms with Crippen LogP contribution >= 0.6 is 0 Å². The molecule has 0 spiro atoms. The number of ketones is 1. The summed E-state index contributed by atoms with van der Waals surface area (Å²) in [5, 5.41) is 3.01. The van der Waals surface area contributed by atoms with Crippen molar-refractivity contribution >= 4 is 5.78 Å². The molecular formula is C10H17N3O. The van der Waals surface area contributed by atoms with Crippen molar-refractivity contribution in [2.24, 2.45) is 0 Å². The van der Waals surface area contributed by atoms with Gasteiger partial charge in [0.1, 0.15) is 5.82 Å². The highest BCUT2D eigenvalue weighted by Crippen LogP contribution is 1.98. The Kier molecular flexibility index (Phi) is 4.32. The first-order valence-electron chi connectivity index (χ1n) is 5.00. The largest absolute Gasteiger partial charge is 0.335 e. The molecule has 0 bridgehead atoms. The summed E-state index contributed by atoms with van der Waals surface area (Å²) in [6, 6.07) is 0. The predicted molar refractivity (Wildman–Crippen MR) is 55.2 cm³/mol. The van der Waals surface area contributed by atoms with Crippen LogP contribution in [0, 0.1) is 0 Å². The zero-order valence-electron chi connectivity index (χ0n) is 8.79. The third-order valence-electron chi connectivity index (χ3n) is 2.07. The third-order valence-corrected chi connectivity index (χ3v) is 2.07. The molecule has 0 unspecified atom stereocenters. The van der Waals surface area contributed by atoms with Gasteiger partial charge in [0.25, 0.3) is 0 Å². The minimum atomic E-state index is 0.188. The van der Waals surface area contributed by atoms with Crippen LogP contribution in [0.1, 0.15) is 19.7 Å². The van der Waals surface area contributed by atoms with Gasteiger partial charge in [-0.15, -0.1) is 0 Å². The molecule has 4 nitrogen and oxygen atoms in total. The maximum Gasteiger partial charge on any atom is 0.154 e. The number of nitrogens with one attached hydrogen (secondary N) is 1. The maximum atomic E-state index is 11.4. The Morgan fingerprint density at radius 2 is 2.36 bits per heavy atom. The molecule has 1 rings (SSSR count). The first-order valence-corrected chi connectivity index (χ1v) is 5.00. The van der Waals surface area contributed by atoms with Gasteiger partial charge in [-0.25, -0.2) is 4.98 Å². The second-order valence-corrected chi connectivity index (χ2v) is 3.13. The molecule has 1 aromatic heterocycles. The highest BCUT2D eigenvalue weighted by molar-refractivity contribution is 5.82. The number of rotatable bonds is 6. The van der Waals surface area contributed by atoms with Crippen molar-refractivity contribution in [1.82, 2.24) is 14.9 Å². The summed E-state index contributed by atoms with van der Waals surface area (Å²) in [6.07, 6.45) is 4.06. The van der Waals surface area contributed by atoms with E-state index in [2.05, 4.69) is 10.3 Å². The molecule has 0 amide bonds. The lowest BCUT2D eigenvalue weighted by molar-refractivity contribution is -0.117. The minimum Gasteiger partial charge on any atom is -0.335 e. The quantitative estimate of drug-likeness (QED) is 0.724. The molecule has 0 aliphatic carbocycles.